The zero-order chi connectivity index (χ0) is 17.1. The number of carbonyl (C=O) groups excluding carboxylic acids is 1. The van der Waals surface area contributed by atoms with Gasteiger partial charge in [-0.3, -0.25) is 4.79 Å². The van der Waals surface area contributed by atoms with Crippen molar-refractivity contribution >= 4 is 5.91 Å². The van der Waals surface area contributed by atoms with Crippen LogP contribution >= 0.6 is 0 Å². The smallest absolute Gasteiger partial charge is 0.256 e. The number of hydrogen-bond donors (Lipinski definition) is 0. The first kappa shape index (κ1) is 16.2. The summed E-state index contributed by atoms with van der Waals surface area (Å²) in [5.74, 6) is 1.00. The molecule has 0 radical (unpaired) electrons. The van der Waals surface area contributed by atoms with Crippen LogP contribution in [0.15, 0.2) is 42.7 Å². The molecule has 2 aromatic rings. The van der Waals surface area contributed by atoms with E-state index in [1.165, 1.54) is 0 Å². The molecule has 1 aromatic carbocycles. The quantitative estimate of drug-likeness (QED) is 0.859. The van der Waals surface area contributed by atoms with Gasteiger partial charge < -0.3 is 14.4 Å². The van der Waals surface area contributed by atoms with E-state index in [0.29, 0.717) is 43.6 Å². The number of aromatic nitrogens is 2. The van der Waals surface area contributed by atoms with Gasteiger partial charge in [-0.1, -0.05) is 30.3 Å². The Hall–Kier alpha value is -2.31. The Morgan fingerprint density at radius 2 is 1.64 bits per heavy atom. The van der Waals surface area contributed by atoms with E-state index in [2.05, 4.69) is 9.97 Å². The maximum Gasteiger partial charge on any atom is 0.256 e. The molecule has 0 unspecified atom stereocenters. The normalized spacial score (nSPS) is 19.3. The van der Waals surface area contributed by atoms with Crippen LogP contribution in [0.4, 0.5) is 0 Å². The molecule has 2 saturated heterocycles. The summed E-state index contributed by atoms with van der Waals surface area (Å²) in [6.07, 6.45) is 4.95. The minimum Gasteiger partial charge on any atom is -0.350 e. The molecular formula is C19H21N3O3. The van der Waals surface area contributed by atoms with Crippen LogP contribution in [0.2, 0.25) is 0 Å². The van der Waals surface area contributed by atoms with Crippen molar-refractivity contribution in [1.82, 2.24) is 14.9 Å². The molecular weight excluding hydrogens is 318 g/mol. The van der Waals surface area contributed by atoms with E-state index in [1.54, 1.807) is 12.4 Å². The van der Waals surface area contributed by atoms with E-state index in [4.69, 9.17) is 9.47 Å². The molecule has 130 valence electrons. The first-order chi connectivity index (χ1) is 12.3. The first-order valence-corrected chi connectivity index (χ1v) is 8.71. The summed E-state index contributed by atoms with van der Waals surface area (Å²) in [5.41, 5.74) is 1.48. The Morgan fingerprint density at radius 3 is 2.28 bits per heavy atom. The minimum absolute atomic E-state index is 0.00804. The van der Waals surface area contributed by atoms with E-state index >= 15 is 0 Å². The molecule has 0 aliphatic carbocycles. The van der Waals surface area contributed by atoms with E-state index < -0.39 is 0 Å². The summed E-state index contributed by atoms with van der Waals surface area (Å²) >= 11 is 0. The van der Waals surface area contributed by atoms with Gasteiger partial charge in [0, 0.05) is 37.0 Å². The van der Waals surface area contributed by atoms with Crippen molar-refractivity contribution in [3.8, 4) is 11.4 Å². The van der Waals surface area contributed by atoms with Crippen LogP contribution in [0.5, 0.6) is 0 Å². The topological polar surface area (TPSA) is 64.6 Å². The SMILES string of the molecule is O=C(c1cnc(-c2ccccc2)nc1)N1CCC(C2OCCO2)CC1. The molecule has 0 spiro atoms. The summed E-state index contributed by atoms with van der Waals surface area (Å²) < 4.78 is 11.2. The highest BCUT2D eigenvalue weighted by molar-refractivity contribution is 5.93. The summed E-state index contributed by atoms with van der Waals surface area (Å²) in [6.45, 7) is 2.78. The third-order valence-electron chi connectivity index (χ3n) is 4.79. The molecule has 1 aromatic heterocycles. The van der Waals surface area contributed by atoms with E-state index in [1.807, 2.05) is 35.2 Å². The van der Waals surface area contributed by atoms with Gasteiger partial charge in [-0.25, -0.2) is 9.97 Å². The van der Waals surface area contributed by atoms with Crippen LogP contribution in [0.25, 0.3) is 11.4 Å². The third kappa shape index (κ3) is 3.55. The highest BCUT2D eigenvalue weighted by Crippen LogP contribution is 2.26. The lowest BCUT2D eigenvalue weighted by atomic mass is 9.96. The van der Waals surface area contributed by atoms with Crippen LogP contribution < -0.4 is 0 Å². The molecule has 6 nitrogen and oxygen atoms in total. The van der Waals surface area contributed by atoms with Crippen LogP contribution in [-0.2, 0) is 9.47 Å². The van der Waals surface area contributed by atoms with E-state index in [-0.39, 0.29) is 12.2 Å². The zero-order valence-electron chi connectivity index (χ0n) is 14.0. The predicted molar refractivity (Wildman–Crippen MR) is 91.8 cm³/mol. The standard InChI is InChI=1S/C19H21N3O3/c23-18(22-8-6-15(7-9-22)19-24-10-11-25-19)16-12-20-17(21-13-16)14-4-2-1-3-5-14/h1-5,12-13,15,19H,6-11H2. The molecule has 1 amide bonds. The average Bonchev–Trinajstić information content (AvgIpc) is 3.23. The van der Waals surface area contributed by atoms with Gasteiger partial charge in [0.2, 0.25) is 0 Å². The second kappa shape index (κ2) is 7.29. The van der Waals surface area contributed by atoms with E-state index in [0.717, 1.165) is 18.4 Å². The van der Waals surface area contributed by atoms with Gasteiger partial charge in [0.1, 0.15) is 0 Å². The van der Waals surface area contributed by atoms with Crippen molar-refractivity contribution < 1.29 is 14.3 Å². The Balaban J connectivity index is 1.38. The second-order valence-corrected chi connectivity index (χ2v) is 6.40. The number of hydrogen-bond acceptors (Lipinski definition) is 5. The molecule has 0 atom stereocenters. The van der Waals surface area contributed by atoms with E-state index in [9.17, 15) is 4.79 Å². The van der Waals surface area contributed by atoms with Gasteiger partial charge in [0.15, 0.2) is 12.1 Å². The van der Waals surface area contributed by atoms with Gasteiger partial charge in [-0.05, 0) is 12.8 Å². The Kier molecular flexibility index (Phi) is 4.72. The average molecular weight is 339 g/mol. The lowest BCUT2D eigenvalue weighted by Gasteiger charge is -2.33. The summed E-state index contributed by atoms with van der Waals surface area (Å²) in [6, 6.07) is 9.75. The molecule has 6 heteroatoms. The van der Waals surface area contributed by atoms with Crippen molar-refractivity contribution in [2.24, 2.45) is 5.92 Å². The van der Waals surface area contributed by atoms with Crippen molar-refractivity contribution in [2.75, 3.05) is 26.3 Å². The molecule has 2 aliphatic rings. The summed E-state index contributed by atoms with van der Waals surface area (Å²) in [5, 5.41) is 0. The van der Waals surface area contributed by atoms with Gasteiger partial charge in [0.25, 0.3) is 5.91 Å². The van der Waals surface area contributed by atoms with Crippen molar-refractivity contribution in [1.29, 1.82) is 0 Å². The minimum atomic E-state index is -0.0919. The monoisotopic (exact) mass is 339 g/mol. The number of piperidine rings is 1. The van der Waals surface area contributed by atoms with Crippen molar-refractivity contribution in [3.63, 3.8) is 0 Å². The summed E-state index contributed by atoms with van der Waals surface area (Å²) in [7, 11) is 0. The number of benzene rings is 1. The molecule has 2 fully saturated rings. The van der Waals surface area contributed by atoms with Gasteiger partial charge >= 0.3 is 0 Å². The second-order valence-electron chi connectivity index (χ2n) is 6.40. The third-order valence-corrected chi connectivity index (χ3v) is 4.79. The summed E-state index contributed by atoms with van der Waals surface area (Å²) in [4.78, 5) is 23.2. The fourth-order valence-corrected chi connectivity index (χ4v) is 3.38. The highest BCUT2D eigenvalue weighted by atomic mass is 16.7. The Labute approximate surface area is 146 Å². The zero-order valence-corrected chi connectivity index (χ0v) is 14.0. The maximum absolute atomic E-state index is 12.7. The maximum atomic E-state index is 12.7. The number of likely N-dealkylation sites (tertiary alicyclic amines) is 1. The number of carbonyl (C=O) groups is 1. The van der Waals surface area contributed by atoms with Gasteiger partial charge in [0.05, 0.1) is 18.8 Å². The highest BCUT2D eigenvalue weighted by Gasteiger charge is 2.32. The molecule has 25 heavy (non-hydrogen) atoms. The fraction of sp³-hybridized carbons (Fsp3) is 0.421. The van der Waals surface area contributed by atoms with Crippen LogP contribution in [0.1, 0.15) is 23.2 Å². The van der Waals surface area contributed by atoms with Gasteiger partial charge in [-0.15, -0.1) is 0 Å². The fourth-order valence-electron chi connectivity index (χ4n) is 3.38. The lowest BCUT2D eigenvalue weighted by molar-refractivity contribution is -0.0956. The van der Waals surface area contributed by atoms with Crippen LogP contribution in [0, 0.1) is 5.92 Å². The van der Waals surface area contributed by atoms with Crippen LogP contribution in [-0.4, -0.2) is 53.4 Å². The number of rotatable bonds is 3. The van der Waals surface area contributed by atoms with Crippen molar-refractivity contribution in [3.05, 3.63) is 48.3 Å². The Bertz CT molecular complexity index is 706. The largest absolute Gasteiger partial charge is 0.350 e. The molecule has 3 heterocycles. The molecule has 2 aliphatic heterocycles. The number of nitrogens with zero attached hydrogens (tertiary/aromatic N) is 3. The molecule has 0 bridgehead atoms. The first-order valence-electron chi connectivity index (χ1n) is 8.71. The predicted octanol–water partition coefficient (Wildman–Crippen LogP) is 2.37. The molecule has 4 rings (SSSR count). The molecule has 0 saturated carbocycles. The number of amides is 1. The van der Waals surface area contributed by atoms with Crippen LogP contribution in [0.3, 0.4) is 0 Å². The van der Waals surface area contributed by atoms with Gasteiger partial charge in [-0.2, -0.15) is 0 Å². The lowest BCUT2D eigenvalue weighted by Crippen LogP contribution is -2.41. The Morgan fingerprint density at radius 1 is 1.00 bits per heavy atom. The number of ether oxygens (including phenoxy) is 2. The van der Waals surface area contributed by atoms with Crippen molar-refractivity contribution in [2.45, 2.75) is 19.1 Å². The molecule has 0 N–H and O–H groups in total.